The average Bonchev–Trinajstić information content (AvgIpc) is 0.722. The lowest BCUT2D eigenvalue weighted by atomic mass is 10.7. The van der Waals surface area contributed by atoms with E-state index in [1.165, 1.54) is 0 Å². The highest BCUT2D eigenvalue weighted by atomic mass is 31.2. The molecule has 0 aromatic carbocycles. The zero-order valence-corrected chi connectivity index (χ0v) is 4.84. The predicted octanol–water partition coefficient (Wildman–Crippen LogP) is -0.508. The van der Waals surface area contributed by atoms with Crippen molar-refractivity contribution in [3.8, 4) is 0 Å². The summed E-state index contributed by atoms with van der Waals surface area (Å²) >= 11 is 0. The quantitative estimate of drug-likeness (QED) is 0.304. The van der Waals surface area contributed by atoms with Crippen LogP contribution < -0.4 is 0 Å². The molecule has 0 atom stereocenters. The fourth-order valence-corrected chi connectivity index (χ4v) is 0. The molecule has 1 nitrogen and oxygen atoms in total. The van der Waals surface area contributed by atoms with Crippen LogP contribution in [0.2, 0.25) is 0 Å². The summed E-state index contributed by atoms with van der Waals surface area (Å²) in [6.45, 7) is 0.826. The van der Waals surface area contributed by atoms with Crippen molar-refractivity contribution in [1.82, 2.24) is 0 Å². The molecule has 4 heteroatoms. The molecule has 0 bridgehead atoms. The monoisotopic (exact) mass is 87.1 g/mol. The Bertz CT molecular complexity index is 55.8. The van der Waals surface area contributed by atoms with Crippen molar-refractivity contribution < 1.29 is 0 Å². The molecule has 1 N–H and O–H groups in total. The number of rotatable bonds is 0. The van der Waals surface area contributed by atoms with Gasteiger partial charge in [-0.25, -0.2) is 0 Å². The largest absolute Gasteiger partial charge is 0.338 e. The highest BCUT2D eigenvalue weighted by molar-refractivity contribution is 8.06. The van der Waals surface area contributed by atoms with E-state index in [9.17, 15) is 0 Å². The van der Waals surface area contributed by atoms with Crippen LogP contribution in [-0.4, -0.2) is 21.8 Å². The maximum atomic E-state index is 7.05. The minimum absolute atomic E-state index is 1.14. The molecule has 0 unspecified atom stereocenters. The smallest absolute Gasteiger partial charge is 0.144 e. The van der Waals surface area contributed by atoms with E-state index in [-0.39, 0.29) is 0 Å². The molecular formula is CH8B2NP. The van der Waals surface area contributed by atoms with Gasteiger partial charge in [0.05, 0.1) is 0 Å². The molecule has 5 heavy (non-hydrogen) atoms. The van der Waals surface area contributed by atoms with Gasteiger partial charge in [0.15, 0.2) is 0 Å². The molecule has 0 heterocycles. The fourth-order valence-electron chi connectivity index (χ4n) is 0. The highest BCUT2D eigenvalue weighted by Crippen LogP contribution is 2.26. The fraction of sp³-hybridized carbons (Fsp3) is 1.00. The summed E-state index contributed by atoms with van der Waals surface area (Å²) in [6, 6.07) is 0. The van der Waals surface area contributed by atoms with Crippen LogP contribution in [0.15, 0.2) is 0 Å². The third-order valence-electron chi connectivity index (χ3n) is 0. The first kappa shape index (κ1) is 5.36. The Morgan fingerprint density at radius 3 is 1.60 bits per heavy atom. The Balaban J connectivity index is 3.47. The van der Waals surface area contributed by atoms with Gasteiger partial charge in [0.25, 0.3) is 0 Å². The van der Waals surface area contributed by atoms with Gasteiger partial charge in [-0.15, -0.1) is 6.81 Å². The van der Waals surface area contributed by atoms with Crippen LogP contribution in [0.5, 0.6) is 0 Å². The van der Waals surface area contributed by atoms with Gasteiger partial charge < -0.3 is 5.16 Å². The van der Waals surface area contributed by atoms with Crippen LogP contribution in [0.3, 0.4) is 0 Å². The molecule has 28 valence electrons. The zero-order chi connectivity index (χ0) is 4.50. The third kappa shape index (κ3) is 187. The molecule has 0 fully saturated rings. The third-order valence-corrected chi connectivity index (χ3v) is 0. The minimum Gasteiger partial charge on any atom is -0.338 e. The molecule has 0 spiro atoms. The van der Waals surface area contributed by atoms with E-state index in [1.54, 1.807) is 0 Å². The van der Waals surface area contributed by atoms with Gasteiger partial charge in [0.2, 0.25) is 0 Å². The van der Waals surface area contributed by atoms with Crippen molar-refractivity contribution in [3.05, 3.63) is 0 Å². The summed E-state index contributed by atoms with van der Waals surface area (Å²) in [5.41, 5.74) is 0. The molecule has 0 aliphatic carbocycles. The standard InChI is InChI=1S/CH8B2NP/c1-5(2,3)4/h4H,2-3H2,1H3. The van der Waals surface area contributed by atoms with E-state index in [0.29, 0.717) is 0 Å². The van der Waals surface area contributed by atoms with E-state index in [2.05, 4.69) is 0 Å². The lowest BCUT2D eigenvalue weighted by Crippen LogP contribution is -1.66. The van der Waals surface area contributed by atoms with Crippen molar-refractivity contribution in [2.45, 2.75) is 0 Å². The van der Waals surface area contributed by atoms with E-state index in [1.807, 2.05) is 21.8 Å². The van der Waals surface area contributed by atoms with Crippen molar-refractivity contribution in [3.63, 3.8) is 0 Å². The van der Waals surface area contributed by atoms with Gasteiger partial charge in [-0.3, -0.25) is 0 Å². The second kappa shape index (κ2) is 1.22. The van der Waals surface area contributed by atoms with Crippen LogP contribution >= 0.6 is 6.81 Å². The summed E-state index contributed by atoms with van der Waals surface area (Å²) in [6.07, 6.45) is 0. The van der Waals surface area contributed by atoms with E-state index >= 15 is 0 Å². The van der Waals surface area contributed by atoms with Crippen LogP contribution in [0.4, 0.5) is 0 Å². The Kier molecular flexibility index (Phi) is 1.30. The maximum absolute atomic E-state index is 7.05. The second-order valence-electron chi connectivity index (χ2n) is 2.01. The number of hydrogen-bond acceptors (Lipinski definition) is 1. The average molecular weight is 86.7 g/mol. The topological polar surface area (TPSA) is 23.9 Å². The highest BCUT2D eigenvalue weighted by Gasteiger charge is 1.84. The van der Waals surface area contributed by atoms with Crippen LogP contribution in [0, 0.1) is 5.16 Å². The second-order valence-corrected chi connectivity index (χ2v) is 6.04. The number of hydrogen-bond donors (Lipinski definition) is 1. The molecule has 0 saturated heterocycles. The van der Waals surface area contributed by atoms with Crippen molar-refractivity contribution in [1.29, 1.82) is 5.16 Å². The molecule has 0 radical (unpaired) electrons. The summed E-state index contributed by atoms with van der Waals surface area (Å²) in [4.78, 5) is 0. The van der Waals surface area contributed by atoms with Gasteiger partial charge in [-0.1, -0.05) is 0 Å². The molecule has 0 amide bonds. The maximum Gasteiger partial charge on any atom is 0.144 e. The van der Waals surface area contributed by atoms with E-state index in [0.717, 1.165) is 0 Å². The summed E-state index contributed by atoms with van der Waals surface area (Å²) in [7, 11) is 3.93. The normalized spacial score (nSPS) is 11.4. The van der Waals surface area contributed by atoms with E-state index < -0.39 is 6.81 Å². The predicted molar refractivity (Wildman–Crippen MR) is 32.7 cm³/mol. The van der Waals surface area contributed by atoms with E-state index in [4.69, 9.17) is 5.16 Å². The molecule has 0 rings (SSSR count). The van der Waals surface area contributed by atoms with Crippen LogP contribution in [0.1, 0.15) is 0 Å². The summed E-state index contributed by atoms with van der Waals surface area (Å²) in [5, 5.41) is 7.05. The molecule has 0 aliphatic rings. The Morgan fingerprint density at radius 1 is 1.60 bits per heavy atom. The lowest BCUT2D eigenvalue weighted by molar-refractivity contribution is 1.63. The molecule has 0 aromatic heterocycles. The SMILES string of the molecule is BP(B)(C)=N. The molecule has 0 aliphatic heterocycles. The minimum atomic E-state index is -1.14. The first-order valence-corrected chi connectivity index (χ1v) is 4.70. The molecule has 0 saturated carbocycles. The first-order chi connectivity index (χ1) is 2.00. The molecular weight excluding hydrogens is 78.6 g/mol. The number of nitrogens with one attached hydrogen (secondary N) is 1. The van der Waals surface area contributed by atoms with Crippen LogP contribution in [0.25, 0.3) is 0 Å². The van der Waals surface area contributed by atoms with Crippen molar-refractivity contribution in [2.24, 2.45) is 0 Å². The Labute approximate surface area is 34.7 Å². The molecule has 0 aromatic rings. The van der Waals surface area contributed by atoms with Crippen molar-refractivity contribution >= 4 is 21.9 Å². The summed E-state index contributed by atoms with van der Waals surface area (Å²) in [5.74, 6) is 0. The zero-order valence-electron chi connectivity index (χ0n) is 3.95. The first-order valence-electron chi connectivity index (χ1n) is 1.57. The van der Waals surface area contributed by atoms with Crippen molar-refractivity contribution in [2.75, 3.05) is 6.66 Å². The van der Waals surface area contributed by atoms with Gasteiger partial charge in [-0.05, 0) is 6.66 Å². The van der Waals surface area contributed by atoms with Crippen LogP contribution in [-0.2, 0) is 0 Å². The van der Waals surface area contributed by atoms with Gasteiger partial charge in [0, 0.05) is 0 Å². The van der Waals surface area contributed by atoms with Gasteiger partial charge in [0.1, 0.15) is 15.1 Å². The van der Waals surface area contributed by atoms with Gasteiger partial charge >= 0.3 is 0 Å². The lowest BCUT2D eigenvalue weighted by Gasteiger charge is -1.92. The summed E-state index contributed by atoms with van der Waals surface area (Å²) < 4.78 is 0. The Hall–Kier alpha value is 0.360. The van der Waals surface area contributed by atoms with Gasteiger partial charge in [-0.2, -0.15) is 0 Å². The Morgan fingerprint density at radius 2 is 1.60 bits per heavy atom.